The number of carbonyl (C=O) groups excluding carboxylic acids is 1. The van der Waals surface area contributed by atoms with Crippen LogP contribution in [0.5, 0.6) is 17.2 Å². The number of phenols is 1. The second-order valence-corrected chi connectivity index (χ2v) is 4.00. The minimum Gasteiger partial charge on any atom is -0.507 e. The van der Waals surface area contributed by atoms with Gasteiger partial charge in [-0.3, -0.25) is 4.79 Å². The Balaban J connectivity index is 2.64. The fraction of sp³-hybridized carbons (Fsp3) is 0.133. The van der Waals surface area contributed by atoms with Gasteiger partial charge in [0.2, 0.25) is 5.78 Å². The molecule has 0 saturated carbocycles. The molecule has 20 heavy (non-hydrogen) atoms. The van der Waals surface area contributed by atoms with Crippen molar-refractivity contribution in [2.24, 2.45) is 0 Å². The van der Waals surface area contributed by atoms with Crippen molar-refractivity contribution in [1.82, 2.24) is 0 Å². The SMILES string of the molecule is COc1cccc(O)c1C(=O)c1c(F)cccc1OC. The van der Waals surface area contributed by atoms with Gasteiger partial charge >= 0.3 is 0 Å². The Morgan fingerprint density at radius 2 is 1.55 bits per heavy atom. The topological polar surface area (TPSA) is 55.8 Å². The number of ketones is 1. The van der Waals surface area contributed by atoms with E-state index in [2.05, 4.69) is 0 Å². The third-order valence-corrected chi connectivity index (χ3v) is 2.87. The van der Waals surface area contributed by atoms with Crippen molar-refractivity contribution in [1.29, 1.82) is 0 Å². The van der Waals surface area contributed by atoms with Crippen LogP contribution in [-0.2, 0) is 0 Å². The molecule has 0 spiro atoms. The maximum absolute atomic E-state index is 13.9. The van der Waals surface area contributed by atoms with Crippen LogP contribution in [0.1, 0.15) is 15.9 Å². The third kappa shape index (κ3) is 2.30. The van der Waals surface area contributed by atoms with Crippen molar-refractivity contribution < 1.29 is 23.8 Å². The Morgan fingerprint density at radius 3 is 2.15 bits per heavy atom. The van der Waals surface area contributed by atoms with Gasteiger partial charge in [0.05, 0.1) is 14.2 Å². The Bertz CT molecular complexity index is 597. The van der Waals surface area contributed by atoms with Crippen LogP contribution in [-0.4, -0.2) is 25.1 Å². The van der Waals surface area contributed by atoms with Crippen LogP contribution >= 0.6 is 0 Å². The molecule has 4 nitrogen and oxygen atoms in total. The molecule has 0 aliphatic rings. The molecule has 2 aromatic rings. The molecule has 0 fully saturated rings. The van der Waals surface area contributed by atoms with Gasteiger partial charge < -0.3 is 14.6 Å². The summed E-state index contributed by atoms with van der Waals surface area (Å²) in [6.45, 7) is 0. The molecule has 5 heteroatoms. The van der Waals surface area contributed by atoms with Crippen molar-refractivity contribution in [2.75, 3.05) is 14.2 Å². The van der Waals surface area contributed by atoms with Gasteiger partial charge in [-0.1, -0.05) is 12.1 Å². The molecule has 0 unspecified atom stereocenters. The lowest BCUT2D eigenvalue weighted by molar-refractivity contribution is 0.102. The molecule has 104 valence electrons. The molecule has 0 heterocycles. The molecule has 0 saturated heterocycles. The average molecular weight is 276 g/mol. The fourth-order valence-corrected chi connectivity index (χ4v) is 1.94. The zero-order valence-corrected chi connectivity index (χ0v) is 11.0. The summed E-state index contributed by atoms with van der Waals surface area (Å²) in [5.74, 6) is -1.44. The molecule has 0 aliphatic heterocycles. The van der Waals surface area contributed by atoms with Gasteiger partial charge in [0, 0.05) is 0 Å². The molecular formula is C15H13FO4. The predicted octanol–water partition coefficient (Wildman–Crippen LogP) is 2.78. The summed E-state index contributed by atoms with van der Waals surface area (Å²) in [5, 5.41) is 9.84. The summed E-state index contributed by atoms with van der Waals surface area (Å²) < 4.78 is 24.0. The van der Waals surface area contributed by atoms with Crippen molar-refractivity contribution >= 4 is 5.78 Å². The highest BCUT2D eigenvalue weighted by molar-refractivity contribution is 6.14. The highest BCUT2D eigenvalue weighted by Crippen LogP contribution is 2.33. The van der Waals surface area contributed by atoms with Crippen LogP contribution in [0.4, 0.5) is 4.39 Å². The summed E-state index contributed by atoms with van der Waals surface area (Å²) in [6.07, 6.45) is 0. The quantitative estimate of drug-likeness (QED) is 0.872. The molecule has 2 aromatic carbocycles. The molecule has 0 amide bonds. The minimum atomic E-state index is -0.723. The van der Waals surface area contributed by atoms with E-state index in [0.717, 1.165) is 6.07 Å². The van der Waals surface area contributed by atoms with Gasteiger partial charge in [-0.15, -0.1) is 0 Å². The first-order valence-corrected chi connectivity index (χ1v) is 5.83. The predicted molar refractivity (Wildman–Crippen MR) is 71.0 cm³/mol. The minimum absolute atomic E-state index is 0.0975. The van der Waals surface area contributed by atoms with E-state index in [9.17, 15) is 14.3 Å². The van der Waals surface area contributed by atoms with E-state index in [1.54, 1.807) is 0 Å². The van der Waals surface area contributed by atoms with Crippen molar-refractivity contribution in [3.8, 4) is 17.2 Å². The Labute approximate surface area is 115 Å². The van der Waals surface area contributed by atoms with Crippen molar-refractivity contribution in [2.45, 2.75) is 0 Å². The van der Waals surface area contributed by atoms with Gasteiger partial charge in [-0.2, -0.15) is 0 Å². The molecule has 2 rings (SSSR count). The van der Waals surface area contributed by atoms with Crippen molar-refractivity contribution in [3.63, 3.8) is 0 Å². The van der Waals surface area contributed by atoms with Crippen LogP contribution in [0.15, 0.2) is 36.4 Å². The Morgan fingerprint density at radius 1 is 1.00 bits per heavy atom. The normalized spacial score (nSPS) is 10.2. The first-order valence-electron chi connectivity index (χ1n) is 5.83. The summed E-state index contributed by atoms with van der Waals surface area (Å²) in [6, 6.07) is 8.45. The molecule has 0 bridgehead atoms. The maximum atomic E-state index is 13.9. The van der Waals surface area contributed by atoms with Gasteiger partial charge in [-0.25, -0.2) is 4.39 Å². The number of aromatic hydroxyl groups is 1. The molecule has 0 radical (unpaired) electrons. The van der Waals surface area contributed by atoms with E-state index in [-0.39, 0.29) is 28.4 Å². The molecular weight excluding hydrogens is 263 g/mol. The number of methoxy groups -OCH3 is 2. The van der Waals surface area contributed by atoms with E-state index in [1.807, 2.05) is 0 Å². The van der Waals surface area contributed by atoms with Gasteiger partial charge in [0.1, 0.15) is 34.2 Å². The molecule has 1 N–H and O–H groups in total. The van der Waals surface area contributed by atoms with Crippen LogP contribution in [0.3, 0.4) is 0 Å². The van der Waals surface area contributed by atoms with Crippen LogP contribution < -0.4 is 9.47 Å². The number of hydrogen-bond acceptors (Lipinski definition) is 4. The van der Waals surface area contributed by atoms with E-state index in [0.29, 0.717) is 0 Å². The Hall–Kier alpha value is -2.56. The monoisotopic (exact) mass is 276 g/mol. The molecule has 0 aromatic heterocycles. The van der Waals surface area contributed by atoms with Crippen LogP contribution in [0.25, 0.3) is 0 Å². The number of benzene rings is 2. The first-order chi connectivity index (χ1) is 9.60. The van der Waals surface area contributed by atoms with Gasteiger partial charge in [0.25, 0.3) is 0 Å². The zero-order valence-electron chi connectivity index (χ0n) is 11.0. The number of hydrogen-bond donors (Lipinski definition) is 1. The number of ether oxygens (including phenoxy) is 2. The van der Waals surface area contributed by atoms with Gasteiger partial charge in [0.15, 0.2) is 0 Å². The van der Waals surface area contributed by atoms with Crippen LogP contribution in [0, 0.1) is 5.82 Å². The van der Waals surface area contributed by atoms with Crippen LogP contribution in [0.2, 0.25) is 0 Å². The number of phenolic OH excluding ortho intramolecular Hbond substituents is 1. The summed E-state index contributed by atoms with van der Waals surface area (Å²) in [7, 11) is 2.71. The van der Waals surface area contributed by atoms with E-state index in [1.165, 1.54) is 44.6 Å². The van der Waals surface area contributed by atoms with E-state index >= 15 is 0 Å². The van der Waals surface area contributed by atoms with E-state index in [4.69, 9.17) is 9.47 Å². The average Bonchev–Trinajstić information content (AvgIpc) is 2.45. The number of halogens is 1. The second kappa shape index (κ2) is 5.61. The maximum Gasteiger partial charge on any atom is 0.207 e. The summed E-state index contributed by atoms with van der Waals surface area (Å²) in [4.78, 5) is 12.5. The zero-order chi connectivity index (χ0) is 14.7. The lowest BCUT2D eigenvalue weighted by atomic mass is 10.00. The third-order valence-electron chi connectivity index (χ3n) is 2.87. The number of rotatable bonds is 4. The smallest absolute Gasteiger partial charge is 0.207 e. The number of carbonyl (C=O) groups is 1. The molecule has 0 atom stereocenters. The standard InChI is InChI=1S/C15H13FO4/c1-19-11-7-3-5-9(16)13(11)15(18)14-10(17)6-4-8-12(14)20-2/h3-8,17H,1-2H3. The first kappa shape index (κ1) is 13.9. The summed E-state index contributed by atoms with van der Waals surface area (Å²) >= 11 is 0. The van der Waals surface area contributed by atoms with Gasteiger partial charge in [-0.05, 0) is 24.3 Å². The lowest BCUT2D eigenvalue weighted by Crippen LogP contribution is -2.09. The second-order valence-electron chi connectivity index (χ2n) is 4.00. The van der Waals surface area contributed by atoms with E-state index < -0.39 is 11.6 Å². The summed E-state index contributed by atoms with van der Waals surface area (Å²) in [5.41, 5.74) is -0.340. The Kier molecular flexibility index (Phi) is 3.89. The highest BCUT2D eigenvalue weighted by Gasteiger charge is 2.24. The largest absolute Gasteiger partial charge is 0.507 e. The fourth-order valence-electron chi connectivity index (χ4n) is 1.94. The van der Waals surface area contributed by atoms with Crippen molar-refractivity contribution in [3.05, 3.63) is 53.3 Å². The molecule has 0 aliphatic carbocycles. The lowest BCUT2D eigenvalue weighted by Gasteiger charge is -2.12. The highest BCUT2D eigenvalue weighted by atomic mass is 19.1.